The molecular weight excluding hydrogens is 412 g/mol. The zero-order valence-corrected chi connectivity index (χ0v) is 17.2. The number of fused-ring (bicyclic) bond motifs is 1. The molecule has 9 heteroatoms. The highest BCUT2D eigenvalue weighted by atomic mass is 32.2. The molecule has 0 heterocycles. The van der Waals surface area contributed by atoms with Crippen LogP contribution in [-0.4, -0.2) is 36.2 Å². The second kappa shape index (κ2) is 9.32. The lowest BCUT2D eigenvalue weighted by molar-refractivity contribution is 0.197. The van der Waals surface area contributed by atoms with Gasteiger partial charge in [0.1, 0.15) is 27.0 Å². The number of aliphatic imine (C=N–C) groups is 1. The number of ether oxygens (including phenoxy) is 2. The van der Waals surface area contributed by atoms with Crippen molar-refractivity contribution in [3.63, 3.8) is 0 Å². The highest BCUT2D eigenvalue weighted by Crippen LogP contribution is 2.38. The molecule has 0 spiro atoms. The van der Waals surface area contributed by atoms with Gasteiger partial charge in [-0.15, -0.1) is 0 Å². The molecule has 0 bridgehead atoms. The summed E-state index contributed by atoms with van der Waals surface area (Å²) >= 11 is 0. The first-order valence-corrected chi connectivity index (χ1v) is 11.0. The predicted octanol–water partition coefficient (Wildman–Crippen LogP) is 4.59. The molecule has 0 radical (unpaired) electrons. The molecule has 6 nitrogen and oxygen atoms in total. The van der Waals surface area contributed by atoms with Gasteiger partial charge in [0.25, 0.3) is 0 Å². The highest BCUT2D eigenvalue weighted by Gasteiger charge is 2.29. The van der Waals surface area contributed by atoms with E-state index in [0.717, 1.165) is 12.1 Å². The van der Waals surface area contributed by atoms with Crippen LogP contribution in [0.3, 0.4) is 0 Å². The van der Waals surface area contributed by atoms with Crippen LogP contribution in [0.15, 0.2) is 40.2 Å². The number of hydrogen-bond acceptors (Lipinski definition) is 6. The Bertz CT molecular complexity index is 1130. The molecule has 0 saturated heterocycles. The predicted molar refractivity (Wildman–Crippen MR) is 109 cm³/mol. The van der Waals surface area contributed by atoms with Crippen molar-refractivity contribution in [3.05, 3.63) is 52.8 Å². The molecule has 0 fully saturated rings. The minimum atomic E-state index is -3.63. The number of benzene rings is 2. The van der Waals surface area contributed by atoms with Gasteiger partial charge in [-0.3, -0.25) is 4.99 Å². The van der Waals surface area contributed by atoms with Crippen LogP contribution in [-0.2, 0) is 20.9 Å². The molecule has 1 aliphatic carbocycles. The monoisotopic (exact) mass is 433 g/mol. The number of nitriles is 1. The van der Waals surface area contributed by atoms with Crippen molar-refractivity contribution in [2.24, 2.45) is 4.99 Å². The summed E-state index contributed by atoms with van der Waals surface area (Å²) in [5, 5.41) is 9.03. The van der Waals surface area contributed by atoms with Crippen LogP contribution in [0.5, 0.6) is 11.5 Å². The maximum Gasteiger partial charge on any atom is 0.176 e. The fraction of sp³-hybridized carbons (Fsp3) is 0.333. The maximum atomic E-state index is 13.8. The molecule has 1 unspecified atom stereocenters. The van der Waals surface area contributed by atoms with E-state index in [4.69, 9.17) is 19.5 Å². The zero-order valence-electron chi connectivity index (χ0n) is 16.4. The van der Waals surface area contributed by atoms with Crippen LogP contribution < -0.4 is 4.74 Å². The van der Waals surface area contributed by atoms with Crippen molar-refractivity contribution in [1.82, 2.24) is 0 Å². The second-order valence-corrected chi connectivity index (χ2v) is 8.77. The fourth-order valence-corrected chi connectivity index (χ4v) is 4.34. The van der Waals surface area contributed by atoms with Crippen LogP contribution >= 0.6 is 0 Å². The summed E-state index contributed by atoms with van der Waals surface area (Å²) < 4.78 is 58.4. The lowest BCUT2D eigenvalue weighted by Crippen LogP contribution is -2.09. The number of hydrogen-bond donors (Lipinski definition) is 1. The number of rotatable bonds is 8. The number of alkyl halides is 1. The molecule has 2 aromatic rings. The van der Waals surface area contributed by atoms with Gasteiger partial charge in [0.2, 0.25) is 0 Å². The van der Waals surface area contributed by atoms with E-state index < -0.39 is 21.6 Å². The first kappa shape index (κ1) is 21.9. The van der Waals surface area contributed by atoms with E-state index in [9.17, 15) is 13.0 Å². The first-order chi connectivity index (χ1) is 14.4. The Balaban J connectivity index is 2.05. The van der Waals surface area contributed by atoms with Gasteiger partial charge >= 0.3 is 0 Å². The highest BCUT2D eigenvalue weighted by molar-refractivity contribution is 7.92. The largest absolute Gasteiger partial charge is 0.457 e. The molecule has 0 aromatic heterocycles. The lowest BCUT2D eigenvalue weighted by atomic mass is 10.1. The SMILES string of the molecule is COCCC/N=C1\CCc2c(Oc3cc(F)cc(C#N)c3)ccc(S(=N)(=O)CF)c21. The van der Waals surface area contributed by atoms with E-state index in [1.165, 1.54) is 18.2 Å². The third kappa shape index (κ3) is 4.66. The molecule has 1 aliphatic rings. The Morgan fingerprint density at radius 1 is 1.30 bits per heavy atom. The standard InChI is InChI=1S/C21H21F2N3O3S/c1-28-8-2-7-26-18-4-3-17-19(5-6-20(21(17)18)30(25,27)13-22)29-16-10-14(12-24)9-15(23)11-16/h5-6,9-11,25H,2-4,7-8,13H2,1H3/b26-18+. The number of nitrogens with one attached hydrogen (secondary N) is 1. The molecule has 2 aromatic carbocycles. The average molecular weight is 433 g/mol. The maximum absolute atomic E-state index is 13.8. The summed E-state index contributed by atoms with van der Waals surface area (Å²) in [6.07, 6.45) is 1.73. The van der Waals surface area contributed by atoms with Gasteiger partial charge < -0.3 is 9.47 Å². The van der Waals surface area contributed by atoms with Crippen LogP contribution in [0.1, 0.15) is 29.5 Å². The Morgan fingerprint density at radius 3 is 2.80 bits per heavy atom. The van der Waals surface area contributed by atoms with E-state index in [-0.39, 0.29) is 16.2 Å². The molecule has 0 amide bonds. The molecule has 3 rings (SSSR count). The summed E-state index contributed by atoms with van der Waals surface area (Å²) in [7, 11) is -2.03. The third-order valence-electron chi connectivity index (χ3n) is 4.68. The van der Waals surface area contributed by atoms with Crippen molar-refractivity contribution >= 4 is 15.4 Å². The molecule has 0 saturated carbocycles. The van der Waals surface area contributed by atoms with Crippen molar-refractivity contribution in [2.45, 2.75) is 24.2 Å². The quantitative estimate of drug-likeness (QED) is 0.616. The minimum Gasteiger partial charge on any atom is -0.457 e. The zero-order chi connectivity index (χ0) is 21.7. The third-order valence-corrected chi connectivity index (χ3v) is 6.04. The Kier molecular flexibility index (Phi) is 6.80. The molecular formula is C21H21F2N3O3S. The summed E-state index contributed by atoms with van der Waals surface area (Å²) in [5.41, 5.74) is 1.88. The summed E-state index contributed by atoms with van der Waals surface area (Å²) in [6.45, 7) is 1.03. The molecule has 30 heavy (non-hydrogen) atoms. The number of halogens is 2. The van der Waals surface area contributed by atoms with Gasteiger partial charge in [-0.05, 0) is 43.5 Å². The van der Waals surface area contributed by atoms with Gasteiger partial charge in [-0.1, -0.05) is 0 Å². The summed E-state index contributed by atoms with van der Waals surface area (Å²) in [6, 6.07) is 7.15. The topological polar surface area (TPSA) is 95.5 Å². The van der Waals surface area contributed by atoms with Gasteiger partial charge in [0.05, 0.1) is 16.5 Å². The summed E-state index contributed by atoms with van der Waals surface area (Å²) in [5.74, 6) is -0.0900. The Morgan fingerprint density at radius 2 is 2.10 bits per heavy atom. The lowest BCUT2D eigenvalue weighted by Gasteiger charge is -2.15. The normalized spacial score (nSPS) is 16.1. The van der Waals surface area contributed by atoms with E-state index in [2.05, 4.69) is 4.99 Å². The van der Waals surface area contributed by atoms with Gasteiger partial charge in [0, 0.05) is 43.2 Å². The Hall–Kier alpha value is -2.83. The van der Waals surface area contributed by atoms with Crippen molar-refractivity contribution in [1.29, 1.82) is 10.0 Å². The minimum absolute atomic E-state index is 0.0901. The van der Waals surface area contributed by atoms with Crippen LogP contribution in [0.25, 0.3) is 0 Å². The number of methoxy groups -OCH3 is 1. The smallest absolute Gasteiger partial charge is 0.176 e. The van der Waals surface area contributed by atoms with E-state index in [0.29, 0.717) is 55.0 Å². The molecule has 1 N–H and O–H groups in total. The van der Waals surface area contributed by atoms with Gasteiger partial charge in [-0.25, -0.2) is 17.8 Å². The summed E-state index contributed by atoms with van der Waals surface area (Å²) in [4.78, 5) is 4.64. The first-order valence-electron chi connectivity index (χ1n) is 9.29. The fourth-order valence-electron chi connectivity index (χ4n) is 3.36. The van der Waals surface area contributed by atoms with E-state index in [1.807, 2.05) is 6.07 Å². The van der Waals surface area contributed by atoms with Gasteiger partial charge in [-0.2, -0.15) is 5.26 Å². The Labute approximate surface area is 174 Å². The van der Waals surface area contributed by atoms with Crippen LogP contribution in [0.4, 0.5) is 8.78 Å². The van der Waals surface area contributed by atoms with Crippen LogP contribution in [0.2, 0.25) is 0 Å². The molecule has 0 aliphatic heterocycles. The number of nitrogens with zero attached hydrogens (tertiary/aromatic N) is 2. The van der Waals surface area contributed by atoms with Crippen molar-refractivity contribution in [2.75, 3.05) is 26.3 Å². The van der Waals surface area contributed by atoms with E-state index >= 15 is 0 Å². The average Bonchev–Trinajstić information content (AvgIpc) is 3.15. The van der Waals surface area contributed by atoms with Crippen LogP contribution in [0, 0.1) is 21.9 Å². The molecule has 1 atom stereocenters. The molecule has 158 valence electrons. The van der Waals surface area contributed by atoms with Gasteiger partial charge in [0.15, 0.2) is 6.01 Å². The van der Waals surface area contributed by atoms with Crippen molar-refractivity contribution < 1.29 is 22.5 Å². The second-order valence-electron chi connectivity index (χ2n) is 6.76. The van der Waals surface area contributed by atoms with Crippen molar-refractivity contribution in [3.8, 4) is 17.6 Å². The van der Waals surface area contributed by atoms with E-state index in [1.54, 1.807) is 7.11 Å².